The van der Waals surface area contributed by atoms with Gasteiger partial charge in [0.15, 0.2) is 0 Å². The van der Waals surface area contributed by atoms with Gasteiger partial charge < -0.3 is 23.6 Å². The van der Waals surface area contributed by atoms with Gasteiger partial charge in [-0.15, -0.1) is 0 Å². The number of hydrogen-bond acceptors (Lipinski definition) is 6. The normalized spacial score (nSPS) is 17.4. The fourth-order valence-corrected chi connectivity index (χ4v) is 3.37. The summed E-state index contributed by atoms with van der Waals surface area (Å²) in [6, 6.07) is 9.06. The maximum atomic E-state index is 11.2. The van der Waals surface area contributed by atoms with Crippen LogP contribution in [0.2, 0.25) is 0 Å². The zero-order valence-electron chi connectivity index (χ0n) is 17.5. The van der Waals surface area contributed by atoms with Crippen molar-refractivity contribution < 1.29 is 28.4 Å². The third-order valence-corrected chi connectivity index (χ3v) is 5.79. The van der Waals surface area contributed by atoms with Crippen molar-refractivity contribution in [3.8, 4) is 11.6 Å². The van der Waals surface area contributed by atoms with E-state index in [1.165, 1.54) is 0 Å². The number of carboxylic acids is 1. The summed E-state index contributed by atoms with van der Waals surface area (Å²) in [5, 5.41) is 9.95. The van der Waals surface area contributed by atoms with Gasteiger partial charge in [0.1, 0.15) is 11.3 Å². The van der Waals surface area contributed by atoms with Crippen molar-refractivity contribution in [2.45, 2.75) is 51.7 Å². The Morgan fingerprint density at radius 2 is 1.87 bits per heavy atom. The molecule has 1 N–H and O–H groups in total. The van der Waals surface area contributed by atoms with Crippen molar-refractivity contribution in [1.82, 2.24) is 4.98 Å². The molecule has 1 saturated heterocycles. The molecule has 30 heavy (non-hydrogen) atoms. The molecular weight excluding hydrogens is 385 g/mol. The zero-order chi connectivity index (χ0) is 21.5. The molecule has 0 amide bonds. The van der Waals surface area contributed by atoms with E-state index in [1.807, 2.05) is 45.9 Å². The molecule has 0 spiro atoms. The second kappa shape index (κ2) is 7.45. The monoisotopic (exact) mass is 409 g/mol. The highest BCUT2D eigenvalue weighted by molar-refractivity contribution is 6.62. The SMILES string of the molecule is CC1(C)OB(c2ccc(Oc3nccc4occc34)cc2CCC(=O)O)OC1(C)C. The zero-order valence-corrected chi connectivity index (χ0v) is 17.5. The molecule has 2 aromatic heterocycles. The van der Waals surface area contributed by atoms with Gasteiger partial charge in [0.25, 0.3) is 0 Å². The van der Waals surface area contributed by atoms with Crippen LogP contribution in [0.5, 0.6) is 11.6 Å². The smallest absolute Gasteiger partial charge is 0.481 e. The lowest BCUT2D eigenvalue weighted by Gasteiger charge is -2.32. The van der Waals surface area contributed by atoms with E-state index in [1.54, 1.807) is 24.6 Å². The molecule has 1 fully saturated rings. The lowest BCUT2D eigenvalue weighted by atomic mass is 9.75. The van der Waals surface area contributed by atoms with E-state index in [4.69, 9.17) is 18.5 Å². The lowest BCUT2D eigenvalue weighted by molar-refractivity contribution is -0.136. The highest BCUT2D eigenvalue weighted by Gasteiger charge is 2.52. The van der Waals surface area contributed by atoms with Gasteiger partial charge in [-0.2, -0.15) is 0 Å². The molecule has 0 unspecified atom stereocenters. The van der Waals surface area contributed by atoms with E-state index in [2.05, 4.69) is 4.98 Å². The number of nitrogens with zero attached hydrogens (tertiary/aromatic N) is 1. The minimum atomic E-state index is -0.869. The molecule has 3 heterocycles. The maximum Gasteiger partial charge on any atom is 0.495 e. The predicted molar refractivity (Wildman–Crippen MR) is 112 cm³/mol. The van der Waals surface area contributed by atoms with Crippen LogP contribution in [0.4, 0.5) is 0 Å². The first-order chi connectivity index (χ1) is 14.2. The fourth-order valence-electron chi connectivity index (χ4n) is 3.37. The van der Waals surface area contributed by atoms with Crippen molar-refractivity contribution in [2.24, 2.45) is 0 Å². The summed E-state index contributed by atoms with van der Waals surface area (Å²) in [7, 11) is -0.580. The van der Waals surface area contributed by atoms with Gasteiger partial charge in [0.2, 0.25) is 5.88 Å². The van der Waals surface area contributed by atoms with Crippen LogP contribution in [0.3, 0.4) is 0 Å². The Labute approximate surface area is 175 Å². The molecule has 0 saturated carbocycles. The van der Waals surface area contributed by atoms with Gasteiger partial charge in [-0.05, 0) is 69.4 Å². The number of ether oxygens (including phenoxy) is 1. The molecule has 3 aromatic rings. The second-order valence-corrected chi connectivity index (χ2v) is 8.39. The van der Waals surface area contributed by atoms with E-state index in [9.17, 15) is 9.90 Å². The Morgan fingerprint density at radius 1 is 1.13 bits per heavy atom. The van der Waals surface area contributed by atoms with Crippen LogP contribution in [0.25, 0.3) is 11.0 Å². The largest absolute Gasteiger partial charge is 0.495 e. The maximum absolute atomic E-state index is 11.2. The summed E-state index contributed by atoms with van der Waals surface area (Å²) in [4.78, 5) is 15.5. The molecule has 0 atom stereocenters. The fraction of sp³-hybridized carbons (Fsp3) is 0.364. The molecular formula is C22H24BNO6. The molecule has 7 nitrogen and oxygen atoms in total. The van der Waals surface area contributed by atoms with Crippen LogP contribution in [-0.2, 0) is 20.5 Å². The van der Waals surface area contributed by atoms with E-state index in [-0.39, 0.29) is 6.42 Å². The number of rotatable bonds is 6. The number of fused-ring (bicyclic) bond motifs is 1. The van der Waals surface area contributed by atoms with Crippen molar-refractivity contribution in [3.63, 3.8) is 0 Å². The lowest BCUT2D eigenvalue weighted by Crippen LogP contribution is -2.41. The summed E-state index contributed by atoms with van der Waals surface area (Å²) in [5.41, 5.74) is 1.31. The number of aliphatic carboxylic acids is 1. The Kier molecular flexibility index (Phi) is 5.07. The molecule has 8 heteroatoms. The van der Waals surface area contributed by atoms with Crippen molar-refractivity contribution in [3.05, 3.63) is 48.4 Å². The number of furan rings is 1. The van der Waals surface area contributed by atoms with E-state index in [0.29, 0.717) is 23.6 Å². The average Bonchev–Trinajstić information content (AvgIpc) is 3.23. The van der Waals surface area contributed by atoms with E-state index in [0.717, 1.165) is 16.4 Å². The number of carbonyl (C=O) groups is 1. The number of hydrogen-bond donors (Lipinski definition) is 1. The second-order valence-electron chi connectivity index (χ2n) is 8.39. The van der Waals surface area contributed by atoms with E-state index >= 15 is 0 Å². The molecule has 156 valence electrons. The third kappa shape index (κ3) is 3.80. The average molecular weight is 409 g/mol. The number of aryl methyl sites for hydroxylation is 1. The summed E-state index contributed by atoms with van der Waals surface area (Å²) < 4.78 is 23.7. The van der Waals surface area contributed by atoms with Gasteiger partial charge in [-0.3, -0.25) is 4.79 Å². The Morgan fingerprint density at radius 3 is 2.57 bits per heavy atom. The van der Waals surface area contributed by atoms with Gasteiger partial charge in [0, 0.05) is 12.6 Å². The highest BCUT2D eigenvalue weighted by Crippen LogP contribution is 2.37. The van der Waals surface area contributed by atoms with Gasteiger partial charge >= 0.3 is 13.1 Å². The van der Waals surface area contributed by atoms with Crippen LogP contribution >= 0.6 is 0 Å². The summed E-state index contributed by atoms with van der Waals surface area (Å²) in [6.07, 6.45) is 3.52. The number of carboxylic acid groups (broad SMARTS) is 1. The van der Waals surface area contributed by atoms with Crippen LogP contribution in [0.15, 0.2) is 47.2 Å². The highest BCUT2D eigenvalue weighted by atomic mass is 16.7. The molecule has 0 aliphatic carbocycles. The Balaban J connectivity index is 1.67. The van der Waals surface area contributed by atoms with Crippen LogP contribution in [0.1, 0.15) is 39.7 Å². The van der Waals surface area contributed by atoms with Crippen molar-refractivity contribution >= 4 is 29.5 Å². The summed E-state index contributed by atoms with van der Waals surface area (Å²) >= 11 is 0. The topological polar surface area (TPSA) is 91.0 Å². The summed E-state index contributed by atoms with van der Waals surface area (Å²) in [6.45, 7) is 7.94. The molecule has 1 aromatic carbocycles. The Hall–Kier alpha value is -2.84. The van der Waals surface area contributed by atoms with Gasteiger partial charge in [0.05, 0.1) is 22.9 Å². The molecule has 1 aliphatic heterocycles. The first-order valence-electron chi connectivity index (χ1n) is 9.87. The molecule has 4 rings (SSSR count). The van der Waals surface area contributed by atoms with Crippen molar-refractivity contribution in [2.75, 3.05) is 0 Å². The Bertz CT molecular complexity index is 1070. The summed E-state index contributed by atoms with van der Waals surface area (Å²) in [5.74, 6) is 0.108. The number of aromatic nitrogens is 1. The van der Waals surface area contributed by atoms with Crippen LogP contribution in [-0.4, -0.2) is 34.4 Å². The minimum absolute atomic E-state index is 0.00841. The number of benzene rings is 1. The third-order valence-electron chi connectivity index (χ3n) is 5.79. The number of pyridine rings is 1. The quantitative estimate of drug-likeness (QED) is 0.617. The van der Waals surface area contributed by atoms with Gasteiger partial charge in [-0.25, -0.2) is 4.98 Å². The standard InChI is InChI=1S/C22H24BNO6/c1-21(2)22(3,4)30-23(29-21)17-7-6-15(13-14(17)5-8-19(25)26)28-20-16-10-12-27-18(16)9-11-24-20/h6-7,9-13H,5,8H2,1-4H3,(H,25,26). The van der Waals surface area contributed by atoms with E-state index < -0.39 is 24.3 Å². The first-order valence-corrected chi connectivity index (χ1v) is 9.87. The minimum Gasteiger partial charge on any atom is -0.481 e. The molecule has 1 aliphatic rings. The molecule has 0 bridgehead atoms. The first kappa shape index (κ1) is 20.4. The molecule has 0 radical (unpaired) electrons. The van der Waals surface area contributed by atoms with Crippen LogP contribution < -0.4 is 10.2 Å². The van der Waals surface area contributed by atoms with Crippen molar-refractivity contribution in [1.29, 1.82) is 0 Å². The van der Waals surface area contributed by atoms with Gasteiger partial charge in [-0.1, -0.05) is 6.07 Å². The van der Waals surface area contributed by atoms with Crippen LogP contribution in [0, 0.1) is 0 Å². The predicted octanol–water partition coefficient (Wildman–Crippen LogP) is 3.94.